The molecular weight excluding hydrogens is 236 g/mol. The highest BCUT2D eigenvalue weighted by Gasteiger charge is 2.28. The fourth-order valence-electron chi connectivity index (χ4n) is 1.64. The van der Waals surface area contributed by atoms with E-state index in [4.69, 9.17) is 11.6 Å². The molecule has 0 spiro atoms. The Morgan fingerprint density at radius 1 is 1.35 bits per heavy atom. The molecule has 1 aliphatic rings. The zero-order valence-corrected chi connectivity index (χ0v) is 10.5. The first-order valence-electron chi connectivity index (χ1n) is 5.98. The molecule has 0 bridgehead atoms. The number of benzene rings is 1. The summed E-state index contributed by atoms with van der Waals surface area (Å²) in [5.41, 5.74) is 1.16. The maximum atomic E-state index is 11.3. The number of amides is 1. The largest absolute Gasteiger partial charge is 0.355 e. The summed E-state index contributed by atoms with van der Waals surface area (Å²) in [6, 6.07) is 7.77. The predicted octanol–water partition coefficient (Wildman–Crippen LogP) is 1.96. The van der Waals surface area contributed by atoms with Crippen molar-refractivity contribution in [1.29, 1.82) is 0 Å². The molecule has 3 nitrogen and oxygen atoms in total. The smallest absolute Gasteiger partial charge is 0.223 e. The number of carbonyl (C=O) groups excluding carboxylic acids is 1. The molecular formula is C13H17ClN2O. The maximum absolute atomic E-state index is 11.3. The van der Waals surface area contributed by atoms with Gasteiger partial charge in [-0.25, -0.2) is 0 Å². The summed E-state index contributed by atoms with van der Waals surface area (Å²) >= 11 is 5.88. The van der Waals surface area contributed by atoms with Crippen LogP contribution >= 0.6 is 11.6 Å². The number of carbonyl (C=O) groups is 1. The van der Waals surface area contributed by atoms with Crippen molar-refractivity contribution in [1.82, 2.24) is 10.6 Å². The summed E-state index contributed by atoms with van der Waals surface area (Å²) in [5.74, 6) is 0.498. The molecule has 0 saturated heterocycles. The minimum Gasteiger partial charge on any atom is -0.355 e. The second kappa shape index (κ2) is 6.03. The number of hydrogen-bond donors (Lipinski definition) is 2. The van der Waals surface area contributed by atoms with E-state index in [0.717, 1.165) is 36.5 Å². The van der Waals surface area contributed by atoms with E-state index in [-0.39, 0.29) is 5.91 Å². The van der Waals surface area contributed by atoms with E-state index >= 15 is 0 Å². The van der Waals surface area contributed by atoms with Gasteiger partial charge in [0.05, 0.1) is 0 Å². The molecule has 1 aromatic rings. The third kappa shape index (κ3) is 4.36. The topological polar surface area (TPSA) is 41.1 Å². The van der Waals surface area contributed by atoms with Gasteiger partial charge in [0.2, 0.25) is 5.91 Å². The Morgan fingerprint density at radius 2 is 2.18 bits per heavy atom. The first-order valence-corrected chi connectivity index (χ1v) is 6.36. The van der Waals surface area contributed by atoms with E-state index in [0.29, 0.717) is 12.5 Å². The normalized spacial score (nSPS) is 14.6. The Bertz CT molecular complexity index is 391. The van der Waals surface area contributed by atoms with Crippen LogP contribution in [0.1, 0.15) is 18.4 Å². The van der Waals surface area contributed by atoms with E-state index in [1.807, 2.05) is 24.3 Å². The number of hydrogen-bond acceptors (Lipinski definition) is 2. The maximum Gasteiger partial charge on any atom is 0.223 e. The molecule has 0 atom stereocenters. The molecule has 1 aromatic carbocycles. The minimum absolute atomic E-state index is 0.203. The fraction of sp³-hybridized carbons (Fsp3) is 0.462. The molecule has 1 aliphatic carbocycles. The fourth-order valence-corrected chi connectivity index (χ4v) is 1.86. The Labute approximate surface area is 107 Å². The minimum atomic E-state index is 0.203. The standard InChI is InChI=1S/C13H17ClN2O/c14-12-3-1-2-10(8-12)9-15-6-7-16-13(17)11-4-5-11/h1-3,8,11,15H,4-7,9H2,(H,16,17). The lowest BCUT2D eigenvalue weighted by atomic mass is 10.2. The average molecular weight is 253 g/mol. The average Bonchev–Trinajstić information content (AvgIpc) is 3.12. The molecule has 0 aliphatic heterocycles. The lowest BCUT2D eigenvalue weighted by Gasteiger charge is -2.06. The van der Waals surface area contributed by atoms with E-state index in [1.54, 1.807) is 0 Å². The van der Waals surface area contributed by atoms with Crippen LogP contribution in [0, 0.1) is 5.92 Å². The SMILES string of the molecule is O=C(NCCNCc1cccc(Cl)c1)C1CC1. The highest BCUT2D eigenvalue weighted by Crippen LogP contribution is 2.28. The lowest BCUT2D eigenvalue weighted by Crippen LogP contribution is -2.32. The first-order chi connectivity index (χ1) is 8.25. The number of halogens is 1. The van der Waals surface area contributed by atoms with Crippen LogP contribution in [-0.2, 0) is 11.3 Å². The van der Waals surface area contributed by atoms with Crippen molar-refractivity contribution in [2.75, 3.05) is 13.1 Å². The van der Waals surface area contributed by atoms with Crippen LogP contribution < -0.4 is 10.6 Å². The number of rotatable bonds is 6. The van der Waals surface area contributed by atoms with Gasteiger partial charge in [-0.2, -0.15) is 0 Å². The molecule has 2 rings (SSSR count). The third-order valence-corrected chi connectivity index (χ3v) is 3.00. The lowest BCUT2D eigenvalue weighted by molar-refractivity contribution is -0.122. The van der Waals surface area contributed by atoms with Gasteiger partial charge < -0.3 is 10.6 Å². The quantitative estimate of drug-likeness (QED) is 0.760. The van der Waals surface area contributed by atoms with Crippen LogP contribution in [0.2, 0.25) is 5.02 Å². The molecule has 2 N–H and O–H groups in total. The Morgan fingerprint density at radius 3 is 2.88 bits per heavy atom. The van der Waals surface area contributed by atoms with Crippen molar-refractivity contribution >= 4 is 17.5 Å². The first kappa shape index (κ1) is 12.4. The van der Waals surface area contributed by atoms with Gasteiger partial charge in [-0.3, -0.25) is 4.79 Å². The second-order valence-corrected chi connectivity index (χ2v) is 4.81. The number of nitrogens with one attached hydrogen (secondary N) is 2. The molecule has 0 radical (unpaired) electrons. The third-order valence-electron chi connectivity index (χ3n) is 2.77. The second-order valence-electron chi connectivity index (χ2n) is 4.37. The van der Waals surface area contributed by atoms with Gasteiger partial charge in [0.15, 0.2) is 0 Å². The Hall–Kier alpha value is -1.06. The van der Waals surface area contributed by atoms with E-state index < -0.39 is 0 Å². The highest BCUT2D eigenvalue weighted by atomic mass is 35.5. The van der Waals surface area contributed by atoms with Crippen molar-refractivity contribution in [3.63, 3.8) is 0 Å². The molecule has 17 heavy (non-hydrogen) atoms. The van der Waals surface area contributed by atoms with E-state index in [9.17, 15) is 4.79 Å². The molecule has 1 saturated carbocycles. The van der Waals surface area contributed by atoms with E-state index in [2.05, 4.69) is 10.6 Å². The summed E-state index contributed by atoms with van der Waals surface area (Å²) in [6.07, 6.45) is 2.11. The van der Waals surface area contributed by atoms with Crippen LogP contribution in [0.4, 0.5) is 0 Å². The summed E-state index contributed by atoms with van der Waals surface area (Å²) in [4.78, 5) is 11.3. The molecule has 1 amide bonds. The van der Waals surface area contributed by atoms with Crippen molar-refractivity contribution in [2.24, 2.45) is 5.92 Å². The van der Waals surface area contributed by atoms with Gasteiger partial charge in [0.25, 0.3) is 0 Å². The van der Waals surface area contributed by atoms with Crippen LogP contribution in [0.5, 0.6) is 0 Å². The van der Waals surface area contributed by atoms with Gasteiger partial charge in [-0.15, -0.1) is 0 Å². The summed E-state index contributed by atoms with van der Waals surface area (Å²) < 4.78 is 0. The van der Waals surface area contributed by atoms with Gasteiger partial charge in [0.1, 0.15) is 0 Å². The van der Waals surface area contributed by atoms with E-state index in [1.165, 1.54) is 0 Å². The zero-order valence-electron chi connectivity index (χ0n) is 9.71. The Kier molecular flexibility index (Phi) is 4.40. The molecule has 1 fully saturated rings. The van der Waals surface area contributed by atoms with Crippen LogP contribution in [0.15, 0.2) is 24.3 Å². The molecule has 92 valence electrons. The summed E-state index contributed by atoms with van der Waals surface area (Å²) in [5, 5.41) is 6.94. The van der Waals surface area contributed by atoms with Crippen LogP contribution in [-0.4, -0.2) is 19.0 Å². The zero-order chi connectivity index (χ0) is 12.1. The summed E-state index contributed by atoms with van der Waals surface area (Å²) in [7, 11) is 0. The van der Waals surface area contributed by atoms with Crippen LogP contribution in [0.25, 0.3) is 0 Å². The van der Waals surface area contributed by atoms with Gasteiger partial charge >= 0.3 is 0 Å². The summed E-state index contributed by atoms with van der Waals surface area (Å²) in [6.45, 7) is 2.25. The molecule has 4 heteroatoms. The molecule has 0 heterocycles. The van der Waals surface area contributed by atoms with Gasteiger partial charge in [-0.1, -0.05) is 23.7 Å². The Balaban J connectivity index is 1.58. The van der Waals surface area contributed by atoms with Gasteiger partial charge in [0, 0.05) is 30.6 Å². The van der Waals surface area contributed by atoms with Crippen molar-refractivity contribution in [3.8, 4) is 0 Å². The van der Waals surface area contributed by atoms with Crippen molar-refractivity contribution < 1.29 is 4.79 Å². The predicted molar refractivity (Wildman–Crippen MR) is 68.9 cm³/mol. The van der Waals surface area contributed by atoms with Crippen LogP contribution in [0.3, 0.4) is 0 Å². The molecule has 0 unspecified atom stereocenters. The molecule has 0 aromatic heterocycles. The van der Waals surface area contributed by atoms with Crippen molar-refractivity contribution in [3.05, 3.63) is 34.9 Å². The highest BCUT2D eigenvalue weighted by molar-refractivity contribution is 6.30. The van der Waals surface area contributed by atoms with Crippen molar-refractivity contribution in [2.45, 2.75) is 19.4 Å². The monoisotopic (exact) mass is 252 g/mol. The van der Waals surface area contributed by atoms with Gasteiger partial charge in [-0.05, 0) is 30.5 Å².